The maximum atomic E-state index is 12.2. The average Bonchev–Trinajstić information content (AvgIpc) is 2.47. The lowest BCUT2D eigenvalue weighted by Crippen LogP contribution is -2.58. The van der Waals surface area contributed by atoms with Crippen molar-refractivity contribution in [2.24, 2.45) is 5.92 Å². The van der Waals surface area contributed by atoms with E-state index in [9.17, 15) is 4.79 Å². The zero-order valence-electron chi connectivity index (χ0n) is 12.2. The van der Waals surface area contributed by atoms with Gasteiger partial charge in [-0.1, -0.05) is 13.8 Å². The van der Waals surface area contributed by atoms with Crippen molar-refractivity contribution in [1.29, 1.82) is 0 Å². The van der Waals surface area contributed by atoms with Crippen LogP contribution in [0.3, 0.4) is 0 Å². The predicted molar refractivity (Wildman–Crippen MR) is 77.6 cm³/mol. The van der Waals surface area contributed by atoms with Crippen LogP contribution in [0.1, 0.15) is 44.9 Å². The van der Waals surface area contributed by atoms with E-state index in [1.165, 1.54) is 0 Å². The second-order valence-electron chi connectivity index (χ2n) is 6.05. The van der Waals surface area contributed by atoms with Crippen LogP contribution in [-0.4, -0.2) is 35.0 Å². The lowest BCUT2D eigenvalue weighted by atomic mass is 9.83. The molecule has 3 heterocycles. The maximum absolute atomic E-state index is 12.2. The Morgan fingerprint density at radius 3 is 3.05 bits per heavy atom. The number of carbonyl (C=O) groups is 1. The van der Waals surface area contributed by atoms with Crippen molar-refractivity contribution in [3.63, 3.8) is 0 Å². The van der Waals surface area contributed by atoms with Crippen LogP contribution >= 0.6 is 0 Å². The molecule has 0 radical (unpaired) electrons. The SMILES string of the molecule is CC(C)c1nccc(N2CCCC3CCNC(=O)C32)n1. The fraction of sp³-hybridized carbons (Fsp3) is 0.667. The summed E-state index contributed by atoms with van der Waals surface area (Å²) in [5.74, 6) is 2.67. The van der Waals surface area contributed by atoms with Gasteiger partial charge in [-0.05, 0) is 31.2 Å². The highest BCUT2D eigenvalue weighted by atomic mass is 16.2. The molecule has 2 unspecified atom stereocenters. The van der Waals surface area contributed by atoms with Crippen LogP contribution in [0.15, 0.2) is 12.3 Å². The van der Waals surface area contributed by atoms with E-state index in [4.69, 9.17) is 0 Å². The molecule has 2 fully saturated rings. The second-order valence-corrected chi connectivity index (χ2v) is 6.05. The maximum Gasteiger partial charge on any atom is 0.243 e. The van der Waals surface area contributed by atoms with Crippen LogP contribution in [0.25, 0.3) is 0 Å². The fourth-order valence-electron chi connectivity index (χ4n) is 3.28. The minimum atomic E-state index is -0.0487. The Hall–Kier alpha value is -1.65. The molecule has 0 aromatic carbocycles. The van der Waals surface area contributed by atoms with Gasteiger partial charge >= 0.3 is 0 Å². The Balaban J connectivity index is 1.91. The lowest BCUT2D eigenvalue weighted by molar-refractivity contribution is -0.125. The number of aromatic nitrogens is 2. The molecular formula is C15H22N4O. The van der Waals surface area contributed by atoms with Crippen molar-refractivity contribution in [1.82, 2.24) is 15.3 Å². The van der Waals surface area contributed by atoms with E-state index >= 15 is 0 Å². The molecular weight excluding hydrogens is 252 g/mol. The number of hydrogen-bond acceptors (Lipinski definition) is 4. The third kappa shape index (κ3) is 2.37. The van der Waals surface area contributed by atoms with E-state index in [0.717, 1.165) is 44.0 Å². The van der Waals surface area contributed by atoms with Crippen molar-refractivity contribution >= 4 is 11.7 Å². The molecule has 0 bridgehead atoms. The minimum absolute atomic E-state index is 0.0487. The summed E-state index contributed by atoms with van der Waals surface area (Å²) in [6.07, 6.45) is 5.17. The molecule has 0 spiro atoms. The van der Waals surface area contributed by atoms with Crippen molar-refractivity contribution in [2.75, 3.05) is 18.0 Å². The Morgan fingerprint density at radius 2 is 2.25 bits per heavy atom. The first kappa shape index (κ1) is 13.3. The summed E-state index contributed by atoms with van der Waals surface area (Å²) < 4.78 is 0. The molecule has 0 aliphatic carbocycles. The molecule has 5 nitrogen and oxygen atoms in total. The number of amides is 1. The average molecular weight is 274 g/mol. The molecule has 1 aromatic rings. The molecule has 1 amide bonds. The van der Waals surface area contributed by atoms with Crippen LogP contribution in [0.2, 0.25) is 0 Å². The fourth-order valence-corrected chi connectivity index (χ4v) is 3.28. The number of piperidine rings is 2. The largest absolute Gasteiger partial charge is 0.354 e. The van der Waals surface area contributed by atoms with E-state index in [2.05, 4.69) is 34.0 Å². The lowest BCUT2D eigenvalue weighted by Gasteiger charge is -2.43. The first-order valence-corrected chi connectivity index (χ1v) is 7.54. The van der Waals surface area contributed by atoms with E-state index in [0.29, 0.717) is 11.8 Å². The Kier molecular flexibility index (Phi) is 3.59. The van der Waals surface area contributed by atoms with Crippen LogP contribution < -0.4 is 10.2 Å². The third-order valence-corrected chi connectivity index (χ3v) is 4.31. The summed E-state index contributed by atoms with van der Waals surface area (Å²) in [4.78, 5) is 23.4. The van der Waals surface area contributed by atoms with Gasteiger partial charge in [0.2, 0.25) is 5.91 Å². The van der Waals surface area contributed by atoms with Gasteiger partial charge in [-0.15, -0.1) is 0 Å². The number of hydrogen-bond donors (Lipinski definition) is 1. The molecule has 5 heteroatoms. The van der Waals surface area contributed by atoms with E-state index in [-0.39, 0.29) is 11.9 Å². The summed E-state index contributed by atoms with van der Waals surface area (Å²) in [6, 6.07) is 1.88. The summed E-state index contributed by atoms with van der Waals surface area (Å²) in [5, 5.41) is 2.99. The zero-order chi connectivity index (χ0) is 14.1. The quantitative estimate of drug-likeness (QED) is 0.892. The molecule has 3 rings (SSSR count). The number of anilines is 1. The summed E-state index contributed by atoms with van der Waals surface area (Å²) in [6.45, 7) is 5.90. The van der Waals surface area contributed by atoms with Gasteiger partial charge in [0.15, 0.2) is 0 Å². The number of nitrogens with zero attached hydrogens (tertiary/aromatic N) is 3. The van der Waals surface area contributed by atoms with Crippen molar-refractivity contribution < 1.29 is 4.79 Å². The number of rotatable bonds is 2. The van der Waals surface area contributed by atoms with Crippen LogP contribution in [0, 0.1) is 5.92 Å². The number of carbonyl (C=O) groups excluding carboxylic acids is 1. The van der Waals surface area contributed by atoms with Crippen LogP contribution in [0.4, 0.5) is 5.82 Å². The highest BCUT2D eigenvalue weighted by molar-refractivity contribution is 5.86. The number of fused-ring (bicyclic) bond motifs is 1. The third-order valence-electron chi connectivity index (χ3n) is 4.31. The van der Waals surface area contributed by atoms with E-state index < -0.39 is 0 Å². The minimum Gasteiger partial charge on any atom is -0.354 e. The van der Waals surface area contributed by atoms with E-state index in [1.807, 2.05) is 12.3 Å². The molecule has 2 saturated heterocycles. The van der Waals surface area contributed by atoms with Gasteiger partial charge in [-0.3, -0.25) is 4.79 Å². The van der Waals surface area contributed by atoms with Crippen molar-refractivity contribution in [3.05, 3.63) is 18.1 Å². The normalized spacial score (nSPS) is 26.4. The standard InChI is InChI=1S/C15H22N4O/c1-10(2)14-16-8-6-12(18-14)19-9-3-4-11-5-7-17-15(20)13(11)19/h6,8,10-11,13H,3-5,7,9H2,1-2H3,(H,17,20). The Bertz CT molecular complexity index is 500. The number of nitrogens with one attached hydrogen (secondary N) is 1. The smallest absolute Gasteiger partial charge is 0.243 e. The molecule has 2 aliphatic rings. The van der Waals surface area contributed by atoms with Gasteiger partial charge in [0.1, 0.15) is 17.7 Å². The van der Waals surface area contributed by atoms with Crippen molar-refractivity contribution in [2.45, 2.75) is 45.1 Å². The van der Waals surface area contributed by atoms with Gasteiger partial charge < -0.3 is 10.2 Å². The van der Waals surface area contributed by atoms with Crippen molar-refractivity contribution in [3.8, 4) is 0 Å². The van der Waals surface area contributed by atoms with Gasteiger partial charge in [0.25, 0.3) is 0 Å². The molecule has 1 N–H and O–H groups in total. The van der Waals surface area contributed by atoms with Gasteiger partial charge in [0.05, 0.1) is 0 Å². The summed E-state index contributed by atoms with van der Waals surface area (Å²) in [5.41, 5.74) is 0. The molecule has 2 atom stereocenters. The Morgan fingerprint density at radius 1 is 1.40 bits per heavy atom. The van der Waals surface area contributed by atoms with Gasteiger partial charge in [-0.25, -0.2) is 9.97 Å². The topological polar surface area (TPSA) is 58.1 Å². The predicted octanol–water partition coefficient (Wildman–Crippen LogP) is 1.70. The monoisotopic (exact) mass is 274 g/mol. The zero-order valence-corrected chi connectivity index (χ0v) is 12.2. The molecule has 2 aliphatic heterocycles. The van der Waals surface area contributed by atoms with E-state index in [1.54, 1.807) is 0 Å². The van der Waals surface area contributed by atoms with Gasteiger partial charge in [-0.2, -0.15) is 0 Å². The molecule has 20 heavy (non-hydrogen) atoms. The highest BCUT2D eigenvalue weighted by Gasteiger charge is 2.39. The first-order valence-electron chi connectivity index (χ1n) is 7.54. The summed E-state index contributed by atoms with van der Waals surface area (Å²) in [7, 11) is 0. The second kappa shape index (κ2) is 5.38. The molecule has 0 saturated carbocycles. The highest BCUT2D eigenvalue weighted by Crippen LogP contribution is 2.31. The first-order chi connectivity index (χ1) is 9.66. The molecule has 1 aromatic heterocycles. The van der Waals surface area contributed by atoms with Crippen LogP contribution in [-0.2, 0) is 4.79 Å². The molecule has 108 valence electrons. The summed E-state index contributed by atoms with van der Waals surface area (Å²) >= 11 is 0. The Labute approximate surface area is 119 Å². The van der Waals surface area contributed by atoms with Gasteiger partial charge in [0, 0.05) is 25.2 Å². The van der Waals surface area contributed by atoms with Crippen LogP contribution in [0.5, 0.6) is 0 Å².